The molecule has 0 amide bonds. The van der Waals surface area contributed by atoms with E-state index in [9.17, 15) is 10.1 Å². The van der Waals surface area contributed by atoms with Crippen molar-refractivity contribution in [2.75, 3.05) is 0 Å². The van der Waals surface area contributed by atoms with Crippen LogP contribution >= 0.6 is 23.1 Å². The summed E-state index contributed by atoms with van der Waals surface area (Å²) in [5, 5.41) is 22.5. The number of thiophene rings is 1. The lowest BCUT2D eigenvalue weighted by Crippen LogP contribution is -1.87. The van der Waals surface area contributed by atoms with Crippen molar-refractivity contribution in [2.45, 2.75) is 10.8 Å². The molecule has 0 aliphatic heterocycles. The summed E-state index contributed by atoms with van der Waals surface area (Å²) < 4.78 is 5.63. The summed E-state index contributed by atoms with van der Waals surface area (Å²) in [4.78, 5) is 19.7. The van der Waals surface area contributed by atoms with Gasteiger partial charge in [0.1, 0.15) is 16.2 Å². The molecule has 3 heterocycles. The van der Waals surface area contributed by atoms with Crippen molar-refractivity contribution in [1.82, 2.24) is 20.2 Å². The smallest absolute Gasteiger partial charge is 0.269 e. The number of thioether (sulfide) groups is 1. The minimum Gasteiger partial charge on any atom is -0.420 e. The Hall–Kier alpha value is -2.85. The molecule has 0 radical (unpaired) electrons. The minimum absolute atomic E-state index is 0.0163. The summed E-state index contributed by atoms with van der Waals surface area (Å²) in [5.74, 6) is 1.26. The highest BCUT2D eigenvalue weighted by molar-refractivity contribution is 7.98. The average Bonchev–Trinajstić information content (AvgIpc) is 3.29. The molecule has 3 aromatic heterocycles. The van der Waals surface area contributed by atoms with Crippen LogP contribution in [0, 0.1) is 10.1 Å². The van der Waals surface area contributed by atoms with Gasteiger partial charge in [-0.1, -0.05) is 11.8 Å². The topological polar surface area (TPSA) is 108 Å². The third kappa shape index (κ3) is 3.21. The lowest BCUT2D eigenvalue weighted by atomic mass is 10.2. The number of aromatic nitrogens is 4. The lowest BCUT2D eigenvalue weighted by Gasteiger charge is -1.99. The number of fused-ring (bicyclic) bond motifs is 1. The van der Waals surface area contributed by atoms with Crippen molar-refractivity contribution in [3.8, 4) is 11.5 Å². The summed E-state index contributed by atoms with van der Waals surface area (Å²) in [6.45, 7) is 0. The van der Waals surface area contributed by atoms with Gasteiger partial charge in [-0.25, -0.2) is 9.97 Å². The van der Waals surface area contributed by atoms with E-state index in [-0.39, 0.29) is 5.69 Å². The minimum atomic E-state index is -0.452. The van der Waals surface area contributed by atoms with Gasteiger partial charge in [-0.3, -0.25) is 10.1 Å². The zero-order valence-electron chi connectivity index (χ0n) is 12.5. The molecule has 25 heavy (non-hydrogen) atoms. The molecule has 1 aromatic carbocycles. The van der Waals surface area contributed by atoms with E-state index in [0.29, 0.717) is 23.1 Å². The fraction of sp³-hybridized carbons (Fsp3) is 0.0667. The summed E-state index contributed by atoms with van der Waals surface area (Å²) >= 11 is 3.06. The first kappa shape index (κ1) is 15.7. The van der Waals surface area contributed by atoms with Gasteiger partial charge in [0, 0.05) is 23.1 Å². The highest BCUT2D eigenvalue weighted by Crippen LogP contribution is 2.30. The van der Waals surface area contributed by atoms with E-state index in [1.165, 1.54) is 30.2 Å². The Labute approximate surface area is 149 Å². The molecule has 4 rings (SSSR count). The van der Waals surface area contributed by atoms with Crippen LogP contribution in [0.5, 0.6) is 0 Å². The predicted octanol–water partition coefficient (Wildman–Crippen LogP) is 3.94. The van der Waals surface area contributed by atoms with Crippen molar-refractivity contribution < 1.29 is 9.34 Å². The largest absolute Gasteiger partial charge is 0.420 e. The first-order chi connectivity index (χ1) is 12.2. The number of hydrogen-bond acceptors (Lipinski definition) is 9. The number of nitro groups is 1. The Kier molecular flexibility index (Phi) is 4.12. The Morgan fingerprint density at radius 1 is 1.16 bits per heavy atom. The van der Waals surface area contributed by atoms with Crippen molar-refractivity contribution in [2.24, 2.45) is 0 Å². The van der Waals surface area contributed by atoms with Crippen LogP contribution in [0.2, 0.25) is 0 Å². The maximum absolute atomic E-state index is 10.7. The zero-order valence-corrected chi connectivity index (χ0v) is 14.2. The molecule has 0 spiro atoms. The molecule has 0 unspecified atom stereocenters. The molecule has 0 aliphatic carbocycles. The summed E-state index contributed by atoms with van der Waals surface area (Å²) in [7, 11) is 0. The van der Waals surface area contributed by atoms with Gasteiger partial charge >= 0.3 is 0 Å². The molecule has 0 fully saturated rings. The monoisotopic (exact) mass is 371 g/mol. The molecule has 8 nitrogen and oxygen atoms in total. The fourth-order valence-corrected chi connectivity index (χ4v) is 3.78. The van der Waals surface area contributed by atoms with Gasteiger partial charge in [0.2, 0.25) is 11.8 Å². The first-order valence-corrected chi connectivity index (χ1v) is 8.95. The maximum Gasteiger partial charge on any atom is 0.269 e. The third-order valence-electron chi connectivity index (χ3n) is 3.35. The average molecular weight is 371 g/mol. The van der Waals surface area contributed by atoms with Crippen molar-refractivity contribution >= 4 is 39.0 Å². The van der Waals surface area contributed by atoms with E-state index in [2.05, 4.69) is 20.2 Å². The van der Waals surface area contributed by atoms with Gasteiger partial charge in [0.15, 0.2) is 0 Å². The van der Waals surface area contributed by atoms with Crippen molar-refractivity contribution in [3.05, 3.63) is 58.0 Å². The van der Waals surface area contributed by atoms with E-state index in [0.717, 1.165) is 15.2 Å². The highest BCUT2D eigenvalue weighted by Gasteiger charge is 2.12. The molecular weight excluding hydrogens is 362 g/mol. The standard InChI is InChI=1S/C15H9N5O3S2/c21-20(22)10-3-1-9(2-4-10)13-19-18-12(23-13)7-25-15-11-5-6-24-14(11)16-8-17-15/h1-6,8H,7H2. The first-order valence-electron chi connectivity index (χ1n) is 7.09. The maximum atomic E-state index is 10.7. The van der Waals surface area contributed by atoms with Gasteiger partial charge in [-0.2, -0.15) is 0 Å². The van der Waals surface area contributed by atoms with Crippen LogP contribution in [0.3, 0.4) is 0 Å². The van der Waals surface area contributed by atoms with Crippen LogP contribution in [-0.4, -0.2) is 25.1 Å². The predicted molar refractivity (Wildman–Crippen MR) is 93.4 cm³/mol. The van der Waals surface area contributed by atoms with E-state index < -0.39 is 4.92 Å². The van der Waals surface area contributed by atoms with Crippen LogP contribution in [0.15, 0.2) is 51.5 Å². The van der Waals surface area contributed by atoms with Crippen molar-refractivity contribution in [3.63, 3.8) is 0 Å². The van der Waals surface area contributed by atoms with Crippen LogP contribution in [0.4, 0.5) is 5.69 Å². The number of nitro benzene ring substituents is 1. The molecular formula is C15H9N5O3S2. The number of rotatable bonds is 5. The second-order valence-electron chi connectivity index (χ2n) is 4.91. The van der Waals surface area contributed by atoms with Crippen LogP contribution in [0.25, 0.3) is 21.7 Å². The van der Waals surface area contributed by atoms with Gasteiger partial charge in [0.05, 0.1) is 10.7 Å². The quantitative estimate of drug-likeness (QED) is 0.225. The number of nitrogens with zero attached hydrogens (tertiary/aromatic N) is 5. The fourth-order valence-electron chi connectivity index (χ4n) is 2.17. The molecule has 124 valence electrons. The number of hydrogen-bond donors (Lipinski definition) is 0. The third-order valence-corrected chi connectivity index (χ3v) is 5.16. The number of benzene rings is 1. The van der Waals surface area contributed by atoms with Gasteiger partial charge in [-0.15, -0.1) is 21.5 Å². The second-order valence-corrected chi connectivity index (χ2v) is 6.77. The molecule has 0 aliphatic rings. The second kappa shape index (κ2) is 6.57. The van der Waals surface area contributed by atoms with Crippen LogP contribution in [-0.2, 0) is 5.75 Å². The molecule has 4 aromatic rings. The SMILES string of the molecule is O=[N+]([O-])c1ccc(-c2nnc(CSc3ncnc4sccc34)o2)cc1. The molecule has 0 N–H and O–H groups in total. The Bertz CT molecular complexity index is 1040. The number of non-ortho nitro benzene ring substituents is 1. The summed E-state index contributed by atoms with van der Waals surface area (Å²) in [6.07, 6.45) is 1.54. The Morgan fingerprint density at radius 2 is 2.00 bits per heavy atom. The summed E-state index contributed by atoms with van der Waals surface area (Å²) in [5.41, 5.74) is 0.652. The zero-order chi connectivity index (χ0) is 17.2. The lowest BCUT2D eigenvalue weighted by molar-refractivity contribution is -0.384. The Balaban J connectivity index is 1.50. The van der Waals surface area contributed by atoms with Gasteiger partial charge in [-0.05, 0) is 23.6 Å². The normalized spacial score (nSPS) is 11.0. The van der Waals surface area contributed by atoms with Gasteiger partial charge < -0.3 is 4.42 Å². The molecule has 0 atom stereocenters. The van der Waals surface area contributed by atoms with Crippen LogP contribution in [0.1, 0.15) is 5.89 Å². The van der Waals surface area contributed by atoms with E-state index in [4.69, 9.17) is 4.42 Å². The van der Waals surface area contributed by atoms with E-state index >= 15 is 0 Å². The highest BCUT2D eigenvalue weighted by atomic mass is 32.2. The molecule has 10 heteroatoms. The Morgan fingerprint density at radius 3 is 2.80 bits per heavy atom. The molecule has 0 saturated carbocycles. The van der Waals surface area contributed by atoms with Crippen LogP contribution < -0.4 is 0 Å². The molecule has 0 bridgehead atoms. The summed E-state index contributed by atoms with van der Waals surface area (Å²) in [6, 6.07) is 7.96. The van der Waals surface area contributed by atoms with Gasteiger partial charge in [0.25, 0.3) is 5.69 Å². The van der Waals surface area contributed by atoms with Crippen molar-refractivity contribution in [1.29, 1.82) is 0 Å². The van der Waals surface area contributed by atoms with E-state index in [1.54, 1.807) is 23.5 Å². The molecule has 0 saturated heterocycles. The van der Waals surface area contributed by atoms with E-state index in [1.807, 2.05) is 11.4 Å².